The molecule has 0 aliphatic carbocycles. The van der Waals surface area contributed by atoms with Crippen LogP contribution in [0.25, 0.3) is 11.2 Å². The van der Waals surface area contributed by atoms with Crippen molar-refractivity contribution in [3.63, 3.8) is 0 Å². The van der Waals surface area contributed by atoms with Gasteiger partial charge in [0.25, 0.3) is 0 Å². The normalized spacial score (nSPS) is 11.5. The van der Waals surface area contributed by atoms with Crippen LogP contribution < -0.4 is 0 Å². The Morgan fingerprint density at radius 3 is 3.00 bits per heavy atom. The maximum Gasteiger partial charge on any atom is 0.345 e. The summed E-state index contributed by atoms with van der Waals surface area (Å²) in [5, 5.41) is 4.17. The molecule has 16 heavy (non-hydrogen) atoms. The summed E-state index contributed by atoms with van der Waals surface area (Å²) in [6.07, 6.45) is 2.88. The summed E-state index contributed by atoms with van der Waals surface area (Å²) in [5.41, 5.74) is 1.01. The zero-order valence-electron chi connectivity index (χ0n) is 7.98. The average molecular weight is 249 g/mol. The van der Waals surface area contributed by atoms with Gasteiger partial charge in [0.2, 0.25) is 0 Å². The Kier molecular flexibility index (Phi) is 3.25. The molecule has 5 nitrogen and oxygen atoms in total. The average Bonchev–Trinajstić information content (AvgIpc) is 2.60. The molecular formula is C8H7ClF2N4O. The predicted octanol–water partition coefficient (Wildman–Crippen LogP) is 1.72. The molecule has 0 aliphatic heterocycles. The van der Waals surface area contributed by atoms with Crippen molar-refractivity contribution in [2.45, 2.75) is 13.2 Å². The SMILES string of the molecule is FC(F)OCCn1ncc2ncc(Cl)nc21. The van der Waals surface area contributed by atoms with Crippen molar-refractivity contribution in [1.82, 2.24) is 19.7 Å². The van der Waals surface area contributed by atoms with Crippen molar-refractivity contribution in [2.75, 3.05) is 6.61 Å². The van der Waals surface area contributed by atoms with Crippen molar-refractivity contribution in [1.29, 1.82) is 0 Å². The van der Waals surface area contributed by atoms with Crippen LogP contribution in [0.3, 0.4) is 0 Å². The molecule has 0 aromatic carbocycles. The minimum absolute atomic E-state index is 0.150. The van der Waals surface area contributed by atoms with Crippen LogP contribution in [-0.4, -0.2) is 33.0 Å². The van der Waals surface area contributed by atoms with E-state index in [2.05, 4.69) is 19.8 Å². The highest BCUT2D eigenvalue weighted by Gasteiger charge is 2.07. The minimum atomic E-state index is -2.78. The Bertz CT molecular complexity index is 490. The molecule has 0 spiro atoms. The van der Waals surface area contributed by atoms with Gasteiger partial charge in [-0.05, 0) is 0 Å². The molecule has 2 heterocycles. The van der Waals surface area contributed by atoms with Gasteiger partial charge in [-0.1, -0.05) is 11.6 Å². The van der Waals surface area contributed by atoms with E-state index in [1.54, 1.807) is 0 Å². The first-order valence-corrected chi connectivity index (χ1v) is 4.78. The Balaban J connectivity index is 2.15. The molecule has 2 aromatic heterocycles. The van der Waals surface area contributed by atoms with Crippen LogP contribution in [0.15, 0.2) is 12.4 Å². The van der Waals surface area contributed by atoms with E-state index in [1.165, 1.54) is 17.1 Å². The zero-order chi connectivity index (χ0) is 11.5. The molecule has 2 aromatic rings. The third-order valence-electron chi connectivity index (χ3n) is 1.86. The lowest BCUT2D eigenvalue weighted by atomic mass is 10.5. The first-order valence-electron chi connectivity index (χ1n) is 4.40. The number of alkyl halides is 2. The lowest BCUT2D eigenvalue weighted by Gasteiger charge is -2.03. The van der Waals surface area contributed by atoms with Gasteiger partial charge < -0.3 is 4.74 Å². The van der Waals surface area contributed by atoms with Gasteiger partial charge >= 0.3 is 6.61 Å². The van der Waals surface area contributed by atoms with Gasteiger partial charge in [-0.25, -0.2) is 14.6 Å². The van der Waals surface area contributed by atoms with Gasteiger partial charge in [0.1, 0.15) is 10.7 Å². The fourth-order valence-corrected chi connectivity index (χ4v) is 1.35. The summed E-state index contributed by atoms with van der Waals surface area (Å²) in [6.45, 7) is -2.76. The van der Waals surface area contributed by atoms with Crippen molar-refractivity contribution in [2.24, 2.45) is 0 Å². The zero-order valence-corrected chi connectivity index (χ0v) is 8.73. The first kappa shape index (κ1) is 11.2. The molecular weight excluding hydrogens is 242 g/mol. The maximum absolute atomic E-state index is 11.7. The molecule has 2 rings (SSSR count). The van der Waals surface area contributed by atoms with Crippen LogP contribution in [0, 0.1) is 0 Å². The van der Waals surface area contributed by atoms with Crippen LogP contribution >= 0.6 is 11.6 Å². The molecule has 0 aliphatic rings. The number of hydrogen-bond acceptors (Lipinski definition) is 4. The fraction of sp³-hybridized carbons (Fsp3) is 0.375. The second-order valence-corrected chi connectivity index (χ2v) is 3.29. The number of nitrogens with zero attached hydrogens (tertiary/aromatic N) is 4. The van der Waals surface area contributed by atoms with E-state index in [9.17, 15) is 8.78 Å². The van der Waals surface area contributed by atoms with E-state index in [4.69, 9.17) is 11.6 Å². The summed E-state index contributed by atoms with van der Waals surface area (Å²) >= 11 is 5.67. The number of fused-ring (bicyclic) bond motifs is 1. The summed E-state index contributed by atoms with van der Waals surface area (Å²) in [7, 11) is 0. The van der Waals surface area contributed by atoms with Crippen LogP contribution in [0.1, 0.15) is 0 Å². The molecule has 0 bridgehead atoms. The minimum Gasteiger partial charge on any atom is -0.321 e. The Hall–Kier alpha value is -1.34. The number of halogens is 3. The van der Waals surface area contributed by atoms with E-state index in [1.807, 2.05) is 0 Å². The smallest absolute Gasteiger partial charge is 0.321 e. The molecule has 0 saturated carbocycles. The highest BCUT2D eigenvalue weighted by atomic mass is 35.5. The van der Waals surface area contributed by atoms with Gasteiger partial charge in [-0.2, -0.15) is 13.9 Å². The van der Waals surface area contributed by atoms with Crippen LogP contribution in [0.2, 0.25) is 5.15 Å². The van der Waals surface area contributed by atoms with Crippen LogP contribution in [0.5, 0.6) is 0 Å². The molecule has 0 radical (unpaired) electrons. The molecule has 0 fully saturated rings. The summed E-state index contributed by atoms with van der Waals surface area (Å²) in [5.74, 6) is 0. The van der Waals surface area contributed by atoms with Gasteiger partial charge in [0, 0.05) is 0 Å². The molecule has 0 amide bonds. The van der Waals surface area contributed by atoms with Gasteiger partial charge in [0.15, 0.2) is 5.65 Å². The summed E-state index contributed by atoms with van der Waals surface area (Å²) in [4.78, 5) is 7.97. The van der Waals surface area contributed by atoms with E-state index in [-0.39, 0.29) is 18.3 Å². The third kappa shape index (κ3) is 2.42. The third-order valence-corrected chi connectivity index (χ3v) is 2.04. The van der Waals surface area contributed by atoms with Crippen LogP contribution in [0.4, 0.5) is 8.78 Å². The van der Waals surface area contributed by atoms with Gasteiger partial charge in [0.05, 0.1) is 25.5 Å². The molecule has 86 valence electrons. The number of ether oxygens (including phenoxy) is 1. The topological polar surface area (TPSA) is 52.8 Å². The monoisotopic (exact) mass is 248 g/mol. The van der Waals surface area contributed by atoms with E-state index >= 15 is 0 Å². The number of aromatic nitrogens is 4. The second kappa shape index (κ2) is 4.67. The van der Waals surface area contributed by atoms with Gasteiger partial charge in [-0.3, -0.25) is 0 Å². The number of hydrogen-bond donors (Lipinski definition) is 0. The van der Waals surface area contributed by atoms with Crippen molar-refractivity contribution in [3.05, 3.63) is 17.5 Å². The molecule has 8 heteroatoms. The Morgan fingerprint density at radius 1 is 1.44 bits per heavy atom. The quantitative estimate of drug-likeness (QED) is 0.827. The van der Waals surface area contributed by atoms with E-state index in [0.717, 1.165) is 0 Å². The summed E-state index contributed by atoms with van der Waals surface area (Å²) in [6, 6.07) is 0. The highest BCUT2D eigenvalue weighted by molar-refractivity contribution is 6.29. The highest BCUT2D eigenvalue weighted by Crippen LogP contribution is 2.11. The lowest BCUT2D eigenvalue weighted by Crippen LogP contribution is -2.10. The summed E-state index contributed by atoms with van der Waals surface area (Å²) < 4.78 is 29.0. The predicted molar refractivity (Wildman–Crippen MR) is 52.3 cm³/mol. The van der Waals surface area contributed by atoms with E-state index in [0.29, 0.717) is 11.2 Å². The first-order chi connectivity index (χ1) is 7.66. The molecule has 0 atom stereocenters. The van der Waals surface area contributed by atoms with Crippen LogP contribution in [-0.2, 0) is 11.3 Å². The largest absolute Gasteiger partial charge is 0.345 e. The van der Waals surface area contributed by atoms with E-state index < -0.39 is 6.61 Å². The van der Waals surface area contributed by atoms with Crippen molar-refractivity contribution >= 4 is 22.8 Å². The maximum atomic E-state index is 11.7. The second-order valence-electron chi connectivity index (χ2n) is 2.90. The molecule has 0 N–H and O–H groups in total. The van der Waals surface area contributed by atoms with Crippen molar-refractivity contribution in [3.8, 4) is 0 Å². The molecule has 0 unspecified atom stereocenters. The van der Waals surface area contributed by atoms with Crippen molar-refractivity contribution < 1.29 is 13.5 Å². The van der Waals surface area contributed by atoms with Gasteiger partial charge in [-0.15, -0.1) is 0 Å². The standard InChI is InChI=1S/C8H7ClF2N4O/c9-6-4-12-5-3-13-15(7(5)14-6)1-2-16-8(10)11/h3-4,8H,1-2H2. The Labute approximate surface area is 94.0 Å². The molecule has 0 saturated heterocycles. The fourth-order valence-electron chi connectivity index (χ4n) is 1.22. The lowest BCUT2D eigenvalue weighted by molar-refractivity contribution is -0.130. The number of rotatable bonds is 4. The Morgan fingerprint density at radius 2 is 2.25 bits per heavy atom.